The summed E-state index contributed by atoms with van der Waals surface area (Å²) in [5.41, 5.74) is 0. The highest BCUT2D eigenvalue weighted by Gasteiger charge is 2.43. The van der Waals surface area contributed by atoms with Gasteiger partial charge in [-0.2, -0.15) is 0 Å². The summed E-state index contributed by atoms with van der Waals surface area (Å²) < 4.78 is 5.48. The lowest BCUT2D eigenvalue weighted by Crippen LogP contribution is -2.34. The molecule has 1 N–H and O–H groups in total. The molecule has 1 aliphatic heterocycles. The van der Waals surface area contributed by atoms with Crippen molar-refractivity contribution in [2.45, 2.75) is 50.0 Å². The lowest BCUT2D eigenvalue weighted by molar-refractivity contribution is 0.365. The van der Waals surface area contributed by atoms with E-state index in [4.69, 9.17) is 4.74 Å². The van der Waals surface area contributed by atoms with Gasteiger partial charge in [-0.05, 0) is 32.2 Å². The van der Waals surface area contributed by atoms with E-state index in [-0.39, 0.29) is 0 Å². The summed E-state index contributed by atoms with van der Waals surface area (Å²) in [7, 11) is 1.36. The van der Waals surface area contributed by atoms with Crippen molar-refractivity contribution in [1.29, 1.82) is 0 Å². The molecule has 0 aromatic carbocycles. The molecule has 0 bridgehead atoms. The smallest absolute Gasteiger partial charge is 0.0856 e. The van der Waals surface area contributed by atoms with Gasteiger partial charge >= 0.3 is 0 Å². The van der Waals surface area contributed by atoms with Crippen LogP contribution in [0.3, 0.4) is 0 Å². The average molecular weight is 185 g/mol. The molecule has 1 saturated heterocycles. The summed E-state index contributed by atoms with van der Waals surface area (Å²) in [6.07, 6.45) is 6.56. The second kappa shape index (κ2) is 3.90. The van der Waals surface area contributed by atoms with Gasteiger partial charge < -0.3 is 10.1 Å². The Labute approximate surface area is 77.5 Å². The van der Waals surface area contributed by atoms with Crippen molar-refractivity contribution in [3.05, 3.63) is 0 Å². The number of hydrogen-bond acceptors (Lipinski definition) is 2. The fourth-order valence-corrected chi connectivity index (χ4v) is 2.43. The van der Waals surface area contributed by atoms with Crippen LogP contribution in [-0.2, 0) is 4.74 Å². The molecular weight excluding hydrogens is 166 g/mol. The predicted molar refractivity (Wildman–Crippen MR) is 53.7 cm³/mol. The van der Waals surface area contributed by atoms with Crippen molar-refractivity contribution in [2.75, 3.05) is 6.54 Å². The highest BCUT2D eigenvalue weighted by atomic mass is 28.1. The molecule has 2 nitrogen and oxygen atoms in total. The largest absolute Gasteiger partial charge is 0.370 e. The monoisotopic (exact) mass is 185 g/mol. The Bertz CT molecular complexity index is 153. The quantitative estimate of drug-likeness (QED) is 0.381. The summed E-state index contributed by atoms with van der Waals surface area (Å²) >= 11 is 0. The highest BCUT2D eigenvalue weighted by molar-refractivity contribution is 6.08. The zero-order valence-corrected chi connectivity index (χ0v) is 9.88. The van der Waals surface area contributed by atoms with Crippen LogP contribution in [0.5, 0.6) is 0 Å². The molecule has 2 fully saturated rings. The van der Waals surface area contributed by atoms with Gasteiger partial charge in [0.15, 0.2) is 0 Å². The van der Waals surface area contributed by atoms with E-state index in [1.807, 2.05) is 0 Å². The van der Waals surface area contributed by atoms with Gasteiger partial charge in [-0.1, -0.05) is 6.04 Å². The molecular formula is C9H19NOSi. The number of rotatable bonds is 4. The fourth-order valence-electron chi connectivity index (χ4n) is 2.07. The van der Waals surface area contributed by atoms with Crippen LogP contribution in [0.1, 0.15) is 25.7 Å². The van der Waals surface area contributed by atoms with E-state index in [9.17, 15) is 0 Å². The summed E-state index contributed by atoms with van der Waals surface area (Å²) in [6.45, 7) is 1.23. The first kappa shape index (κ1) is 8.72. The summed E-state index contributed by atoms with van der Waals surface area (Å²) in [4.78, 5) is 0. The second-order valence-electron chi connectivity index (χ2n) is 4.03. The molecule has 12 heavy (non-hydrogen) atoms. The van der Waals surface area contributed by atoms with Crippen LogP contribution in [0.15, 0.2) is 0 Å². The molecule has 0 aromatic rings. The molecule has 0 amide bonds. The van der Waals surface area contributed by atoms with Gasteiger partial charge in [-0.25, -0.2) is 0 Å². The van der Waals surface area contributed by atoms with Crippen molar-refractivity contribution in [3.63, 3.8) is 0 Å². The fraction of sp³-hybridized carbons (Fsp3) is 1.00. The van der Waals surface area contributed by atoms with Gasteiger partial charge in [0.05, 0.1) is 12.2 Å². The molecule has 1 aliphatic carbocycles. The Kier molecular flexibility index (Phi) is 2.83. The van der Waals surface area contributed by atoms with Gasteiger partial charge in [0, 0.05) is 16.3 Å². The Morgan fingerprint density at radius 1 is 1.33 bits per heavy atom. The van der Waals surface area contributed by atoms with Gasteiger partial charge in [0.1, 0.15) is 0 Å². The van der Waals surface area contributed by atoms with Gasteiger partial charge in [-0.3, -0.25) is 0 Å². The number of ether oxygens (including phenoxy) is 1. The van der Waals surface area contributed by atoms with Crippen molar-refractivity contribution in [2.24, 2.45) is 0 Å². The minimum Gasteiger partial charge on any atom is -0.370 e. The van der Waals surface area contributed by atoms with E-state index in [1.54, 1.807) is 0 Å². The normalized spacial score (nSPS) is 39.5. The van der Waals surface area contributed by atoms with Crippen LogP contribution in [0.25, 0.3) is 0 Å². The van der Waals surface area contributed by atoms with Gasteiger partial charge in [-0.15, -0.1) is 0 Å². The van der Waals surface area contributed by atoms with Gasteiger partial charge in [0.25, 0.3) is 0 Å². The highest BCUT2D eigenvalue weighted by Crippen LogP contribution is 2.36. The van der Waals surface area contributed by atoms with E-state index >= 15 is 0 Å². The van der Waals surface area contributed by atoms with Crippen LogP contribution in [0.2, 0.25) is 6.04 Å². The molecule has 3 unspecified atom stereocenters. The van der Waals surface area contributed by atoms with Crippen LogP contribution >= 0.6 is 0 Å². The van der Waals surface area contributed by atoms with Crippen molar-refractivity contribution >= 4 is 10.2 Å². The van der Waals surface area contributed by atoms with Crippen molar-refractivity contribution in [3.8, 4) is 0 Å². The Hall–Kier alpha value is 0.137. The molecule has 70 valence electrons. The summed E-state index contributed by atoms with van der Waals surface area (Å²) in [6, 6.07) is 2.20. The standard InChI is InChI=1S/C9H19NOSi/c12-5-1-4-10-7-2-3-8-9(6-7)11-8/h7-10H,1-6H2,12H3. The maximum atomic E-state index is 5.48. The molecule has 3 heteroatoms. The van der Waals surface area contributed by atoms with Crippen LogP contribution in [0.4, 0.5) is 0 Å². The number of epoxide rings is 1. The third-order valence-corrected chi connectivity index (χ3v) is 3.67. The Morgan fingerprint density at radius 3 is 3.00 bits per heavy atom. The third kappa shape index (κ3) is 2.09. The molecule has 0 aromatic heterocycles. The van der Waals surface area contributed by atoms with Crippen LogP contribution < -0.4 is 5.32 Å². The minimum atomic E-state index is 0.632. The third-order valence-electron chi connectivity index (χ3n) is 2.97. The Balaban J connectivity index is 1.61. The van der Waals surface area contributed by atoms with Crippen LogP contribution in [-0.4, -0.2) is 35.0 Å². The lowest BCUT2D eigenvalue weighted by Gasteiger charge is -2.20. The first-order valence-electron chi connectivity index (χ1n) is 5.29. The SMILES string of the molecule is [SiH3]CCCNC1CCC2OC2C1. The van der Waals surface area contributed by atoms with E-state index in [1.165, 1.54) is 48.5 Å². The van der Waals surface area contributed by atoms with E-state index < -0.39 is 0 Å². The van der Waals surface area contributed by atoms with Crippen LogP contribution in [0, 0.1) is 0 Å². The summed E-state index contributed by atoms with van der Waals surface area (Å²) in [5, 5.41) is 3.62. The lowest BCUT2D eigenvalue weighted by atomic mass is 9.95. The van der Waals surface area contributed by atoms with Gasteiger partial charge in [0.2, 0.25) is 0 Å². The molecule has 2 aliphatic rings. The van der Waals surface area contributed by atoms with Crippen molar-refractivity contribution in [1.82, 2.24) is 5.32 Å². The molecule has 3 atom stereocenters. The second-order valence-corrected chi connectivity index (χ2v) is 5.03. The maximum Gasteiger partial charge on any atom is 0.0856 e. The topological polar surface area (TPSA) is 24.6 Å². The van der Waals surface area contributed by atoms with E-state index in [0.29, 0.717) is 12.2 Å². The first-order valence-corrected chi connectivity index (χ1v) is 6.70. The van der Waals surface area contributed by atoms with Crippen molar-refractivity contribution < 1.29 is 4.74 Å². The molecule has 0 radical (unpaired) electrons. The molecule has 0 spiro atoms. The predicted octanol–water partition coefficient (Wildman–Crippen LogP) is 0.0697. The summed E-state index contributed by atoms with van der Waals surface area (Å²) in [5.74, 6) is 0. The molecule has 2 rings (SSSR count). The average Bonchev–Trinajstić information content (AvgIpc) is 2.83. The van der Waals surface area contributed by atoms with E-state index in [0.717, 1.165) is 6.04 Å². The van der Waals surface area contributed by atoms with E-state index in [2.05, 4.69) is 5.32 Å². The molecule has 1 heterocycles. The number of nitrogens with one attached hydrogen (secondary N) is 1. The maximum absolute atomic E-state index is 5.48. The Morgan fingerprint density at radius 2 is 2.25 bits per heavy atom. The first-order chi connectivity index (χ1) is 5.90. The number of hydrogen-bond donors (Lipinski definition) is 1. The zero-order chi connectivity index (χ0) is 8.39. The number of fused-ring (bicyclic) bond motifs is 1. The minimum absolute atomic E-state index is 0.632. The molecule has 1 saturated carbocycles. The zero-order valence-electron chi connectivity index (χ0n) is 7.88.